The molecule has 4 nitrogen and oxygen atoms in total. The van der Waals surface area contributed by atoms with E-state index in [1.165, 1.54) is 17.0 Å². The molecule has 0 aliphatic carbocycles. The fraction of sp³-hybridized carbons (Fsp3) is 0.562. The maximum Gasteiger partial charge on any atom is 0.410 e. The summed E-state index contributed by atoms with van der Waals surface area (Å²) >= 11 is 0. The van der Waals surface area contributed by atoms with E-state index in [-0.39, 0.29) is 6.04 Å². The van der Waals surface area contributed by atoms with Gasteiger partial charge in [0.25, 0.3) is 0 Å². The number of rotatable bonds is 5. The summed E-state index contributed by atoms with van der Waals surface area (Å²) in [6.45, 7) is 8.07. The Morgan fingerprint density at radius 3 is 2.55 bits per heavy atom. The summed E-state index contributed by atoms with van der Waals surface area (Å²) in [5.41, 5.74) is -0.148. The molecule has 0 spiro atoms. The molecule has 1 rings (SSSR count). The Morgan fingerprint density at radius 2 is 2.00 bits per heavy atom. The van der Waals surface area contributed by atoms with Crippen LogP contribution in [0, 0.1) is 11.6 Å². The predicted octanol–water partition coefficient (Wildman–Crippen LogP) is 3.48. The molecule has 124 valence electrons. The number of hydrogen-bond acceptors (Lipinski definition) is 3. The Hall–Kier alpha value is -1.69. The van der Waals surface area contributed by atoms with Crippen molar-refractivity contribution in [2.45, 2.75) is 39.3 Å². The fourth-order valence-corrected chi connectivity index (χ4v) is 1.84. The standard InChI is InChI=1S/C16H24F2N2O2/c1-11(13-7-6-12(17)10-14(13)18)19-8-9-20(5)15(21)22-16(2,3)4/h6-7,10-11,19H,8-9H2,1-5H3. The molecule has 1 aromatic rings. The van der Waals surface area contributed by atoms with Crippen LogP contribution >= 0.6 is 0 Å². The van der Waals surface area contributed by atoms with Crippen molar-refractivity contribution in [3.05, 3.63) is 35.4 Å². The Bertz CT molecular complexity index is 515. The van der Waals surface area contributed by atoms with Gasteiger partial charge >= 0.3 is 6.09 Å². The Labute approximate surface area is 130 Å². The smallest absolute Gasteiger partial charge is 0.410 e. The second-order valence-corrected chi connectivity index (χ2v) is 6.24. The molecule has 0 aliphatic rings. The molecule has 0 bridgehead atoms. The summed E-state index contributed by atoms with van der Waals surface area (Å²) in [5, 5.41) is 3.10. The SMILES string of the molecule is CC(NCCN(C)C(=O)OC(C)(C)C)c1ccc(F)cc1F. The van der Waals surface area contributed by atoms with Crippen LogP contribution in [0.3, 0.4) is 0 Å². The van der Waals surface area contributed by atoms with Gasteiger partial charge in [0.05, 0.1) is 0 Å². The van der Waals surface area contributed by atoms with Gasteiger partial charge < -0.3 is 15.0 Å². The molecule has 0 saturated heterocycles. The molecule has 0 heterocycles. The minimum absolute atomic E-state index is 0.285. The molecular formula is C16H24F2N2O2. The van der Waals surface area contributed by atoms with E-state index >= 15 is 0 Å². The van der Waals surface area contributed by atoms with Crippen LogP contribution in [0.5, 0.6) is 0 Å². The van der Waals surface area contributed by atoms with Crippen molar-refractivity contribution in [2.24, 2.45) is 0 Å². The summed E-state index contributed by atoms with van der Waals surface area (Å²) in [7, 11) is 1.64. The second-order valence-electron chi connectivity index (χ2n) is 6.24. The van der Waals surface area contributed by atoms with Crippen LogP contribution in [0.4, 0.5) is 13.6 Å². The van der Waals surface area contributed by atoms with Gasteiger partial charge in [-0.05, 0) is 33.8 Å². The summed E-state index contributed by atoms with van der Waals surface area (Å²) in [6, 6.07) is 3.22. The zero-order chi connectivity index (χ0) is 16.9. The van der Waals surface area contributed by atoms with E-state index < -0.39 is 23.3 Å². The van der Waals surface area contributed by atoms with Crippen molar-refractivity contribution in [3.63, 3.8) is 0 Å². The van der Waals surface area contributed by atoms with Crippen LogP contribution in [0.25, 0.3) is 0 Å². The van der Waals surface area contributed by atoms with Crippen LogP contribution in [0.1, 0.15) is 39.3 Å². The quantitative estimate of drug-likeness (QED) is 0.904. The largest absolute Gasteiger partial charge is 0.444 e. The van der Waals surface area contributed by atoms with E-state index in [2.05, 4.69) is 5.32 Å². The number of ether oxygens (including phenoxy) is 1. The van der Waals surface area contributed by atoms with E-state index in [1.807, 2.05) is 0 Å². The van der Waals surface area contributed by atoms with Gasteiger partial charge in [-0.1, -0.05) is 6.07 Å². The van der Waals surface area contributed by atoms with Gasteiger partial charge in [0.15, 0.2) is 0 Å². The number of likely N-dealkylation sites (N-methyl/N-ethyl adjacent to an activating group) is 1. The van der Waals surface area contributed by atoms with Crippen molar-refractivity contribution in [2.75, 3.05) is 20.1 Å². The molecule has 0 radical (unpaired) electrons. The predicted molar refractivity (Wildman–Crippen MR) is 81.6 cm³/mol. The summed E-state index contributed by atoms with van der Waals surface area (Å²) in [6.07, 6.45) is -0.407. The topological polar surface area (TPSA) is 41.6 Å². The molecule has 1 N–H and O–H groups in total. The maximum absolute atomic E-state index is 13.6. The lowest BCUT2D eigenvalue weighted by Gasteiger charge is -2.25. The third-order valence-corrected chi connectivity index (χ3v) is 3.03. The highest BCUT2D eigenvalue weighted by Gasteiger charge is 2.19. The minimum Gasteiger partial charge on any atom is -0.444 e. The van der Waals surface area contributed by atoms with Gasteiger partial charge in [0.1, 0.15) is 17.2 Å². The van der Waals surface area contributed by atoms with Crippen LogP contribution < -0.4 is 5.32 Å². The number of nitrogens with zero attached hydrogens (tertiary/aromatic N) is 1. The normalized spacial score (nSPS) is 12.9. The van der Waals surface area contributed by atoms with Gasteiger partial charge in [-0.25, -0.2) is 13.6 Å². The molecule has 1 unspecified atom stereocenters. The molecule has 0 aromatic heterocycles. The first kappa shape index (κ1) is 18.4. The number of halogens is 2. The van der Waals surface area contributed by atoms with Gasteiger partial charge in [0, 0.05) is 37.8 Å². The number of nitrogens with one attached hydrogen (secondary N) is 1. The van der Waals surface area contributed by atoms with Crippen molar-refractivity contribution >= 4 is 6.09 Å². The highest BCUT2D eigenvalue weighted by Crippen LogP contribution is 2.17. The van der Waals surface area contributed by atoms with E-state index in [4.69, 9.17) is 4.74 Å². The monoisotopic (exact) mass is 314 g/mol. The third-order valence-electron chi connectivity index (χ3n) is 3.03. The number of carbonyl (C=O) groups is 1. The van der Waals surface area contributed by atoms with Crippen molar-refractivity contribution < 1.29 is 18.3 Å². The van der Waals surface area contributed by atoms with Crippen LogP contribution in [0.2, 0.25) is 0 Å². The highest BCUT2D eigenvalue weighted by atomic mass is 19.1. The van der Waals surface area contributed by atoms with Crippen LogP contribution in [-0.2, 0) is 4.74 Å². The fourth-order valence-electron chi connectivity index (χ4n) is 1.84. The van der Waals surface area contributed by atoms with Crippen LogP contribution in [-0.4, -0.2) is 36.7 Å². The lowest BCUT2D eigenvalue weighted by molar-refractivity contribution is 0.0299. The second kappa shape index (κ2) is 7.54. The van der Waals surface area contributed by atoms with E-state index in [1.54, 1.807) is 34.7 Å². The number of hydrogen-bond donors (Lipinski definition) is 1. The van der Waals surface area contributed by atoms with Crippen molar-refractivity contribution in [1.29, 1.82) is 0 Å². The molecular weight excluding hydrogens is 290 g/mol. The molecule has 1 amide bonds. The molecule has 6 heteroatoms. The molecule has 0 aliphatic heterocycles. The third kappa shape index (κ3) is 5.97. The number of benzene rings is 1. The first-order valence-electron chi connectivity index (χ1n) is 7.22. The zero-order valence-electron chi connectivity index (χ0n) is 13.7. The Balaban J connectivity index is 2.44. The first-order chi connectivity index (χ1) is 10.1. The minimum atomic E-state index is -0.599. The summed E-state index contributed by atoms with van der Waals surface area (Å²) in [5.74, 6) is -1.18. The van der Waals surface area contributed by atoms with Crippen molar-refractivity contribution in [1.82, 2.24) is 10.2 Å². The van der Waals surface area contributed by atoms with Gasteiger partial charge in [-0.2, -0.15) is 0 Å². The Morgan fingerprint density at radius 1 is 1.36 bits per heavy atom. The van der Waals surface area contributed by atoms with Crippen LogP contribution in [0.15, 0.2) is 18.2 Å². The molecule has 0 fully saturated rings. The number of carbonyl (C=O) groups excluding carboxylic acids is 1. The van der Waals surface area contributed by atoms with E-state index in [9.17, 15) is 13.6 Å². The lowest BCUT2D eigenvalue weighted by atomic mass is 10.1. The molecule has 1 aromatic carbocycles. The lowest BCUT2D eigenvalue weighted by Crippen LogP contribution is -2.38. The maximum atomic E-state index is 13.6. The summed E-state index contributed by atoms with van der Waals surface area (Å²) < 4.78 is 31.7. The van der Waals surface area contributed by atoms with E-state index in [0.29, 0.717) is 18.7 Å². The zero-order valence-corrected chi connectivity index (χ0v) is 13.7. The molecule has 22 heavy (non-hydrogen) atoms. The molecule has 1 atom stereocenters. The number of amides is 1. The Kier molecular flexibility index (Phi) is 6.29. The molecule has 0 saturated carbocycles. The van der Waals surface area contributed by atoms with Gasteiger partial charge in [0.2, 0.25) is 0 Å². The first-order valence-corrected chi connectivity index (χ1v) is 7.22. The average molecular weight is 314 g/mol. The summed E-state index contributed by atoms with van der Waals surface area (Å²) in [4.78, 5) is 13.2. The van der Waals surface area contributed by atoms with Crippen molar-refractivity contribution in [3.8, 4) is 0 Å². The van der Waals surface area contributed by atoms with Gasteiger partial charge in [-0.3, -0.25) is 0 Å². The van der Waals surface area contributed by atoms with E-state index in [0.717, 1.165) is 6.07 Å². The highest BCUT2D eigenvalue weighted by molar-refractivity contribution is 5.67. The average Bonchev–Trinajstić information content (AvgIpc) is 2.36. The van der Waals surface area contributed by atoms with Gasteiger partial charge in [-0.15, -0.1) is 0 Å².